The highest BCUT2D eigenvalue weighted by atomic mass is 35.5. The lowest BCUT2D eigenvalue weighted by atomic mass is 10.2. The zero-order chi connectivity index (χ0) is 13.8. The standard InChI is InChI=1S/C14H13ClO3S/c1-10-8-13(19(16)17)6-7-14(10)18-9-11-2-4-12(15)5-3-11/h2-8H,9H2,1H3,(H,16,17)/p-1. The molecule has 1 atom stereocenters. The largest absolute Gasteiger partial charge is 0.768 e. The number of hydrogen-bond acceptors (Lipinski definition) is 3. The molecule has 0 aliphatic carbocycles. The Morgan fingerprint density at radius 3 is 2.47 bits per heavy atom. The molecule has 2 aromatic carbocycles. The van der Waals surface area contributed by atoms with Gasteiger partial charge in [0.1, 0.15) is 12.4 Å². The van der Waals surface area contributed by atoms with E-state index >= 15 is 0 Å². The summed E-state index contributed by atoms with van der Waals surface area (Å²) in [5.74, 6) is 0.671. The summed E-state index contributed by atoms with van der Waals surface area (Å²) >= 11 is 3.59. The number of hydrogen-bond donors (Lipinski definition) is 0. The molecule has 2 rings (SSSR count). The van der Waals surface area contributed by atoms with Crippen LogP contribution in [0.3, 0.4) is 0 Å². The fourth-order valence-corrected chi connectivity index (χ4v) is 2.21. The van der Waals surface area contributed by atoms with Gasteiger partial charge in [0.05, 0.1) is 0 Å². The highest BCUT2D eigenvalue weighted by Crippen LogP contribution is 2.22. The first kappa shape index (κ1) is 14.1. The summed E-state index contributed by atoms with van der Waals surface area (Å²) in [7, 11) is 0. The zero-order valence-corrected chi connectivity index (χ0v) is 11.8. The van der Waals surface area contributed by atoms with Crippen LogP contribution in [-0.4, -0.2) is 8.76 Å². The summed E-state index contributed by atoms with van der Waals surface area (Å²) in [4.78, 5) is 0.261. The van der Waals surface area contributed by atoms with Crippen molar-refractivity contribution in [3.63, 3.8) is 0 Å². The normalized spacial score (nSPS) is 12.2. The van der Waals surface area contributed by atoms with Gasteiger partial charge in [-0.15, -0.1) is 0 Å². The molecule has 0 aliphatic rings. The Hall–Kier alpha value is -1.36. The molecule has 0 saturated heterocycles. The zero-order valence-electron chi connectivity index (χ0n) is 10.3. The van der Waals surface area contributed by atoms with Gasteiger partial charge in [-0.1, -0.05) is 23.7 Å². The molecule has 0 saturated carbocycles. The molecule has 0 spiro atoms. The fraction of sp³-hybridized carbons (Fsp3) is 0.143. The minimum Gasteiger partial charge on any atom is -0.768 e. The number of ether oxygens (including phenoxy) is 1. The third-order valence-electron chi connectivity index (χ3n) is 2.65. The Morgan fingerprint density at radius 2 is 1.89 bits per heavy atom. The van der Waals surface area contributed by atoms with E-state index in [1.165, 1.54) is 6.07 Å². The van der Waals surface area contributed by atoms with Crippen molar-refractivity contribution in [3.8, 4) is 5.75 Å². The van der Waals surface area contributed by atoms with Gasteiger partial charge >= 0.3 is 0 Å². The first-order valence-corrected chi connectivity index (χ1v) is 7.09. The molecule has 0 N–H and O–H groups in total. The summed E-state index contributed by atoms with van der Waals surface area (Å²) in [6, 6.07) is 12.1. The van der Waals surface area contributed by atoms with E-state index in [1.54, 1.807) is 24.3 Å². The highest BCUT2D eigenvalue weighted by Gasteiger charge is 2.02. The van der Waals surface area contributed by atoms with Crippen LogP contribution in [0.15, 0.2) is 47.4 Å². The molecule has 0 aromatic heterocycles. The van der Waals surface area contributed by atoms with E-state index in [0.717, 1.165) is 11.1 Å². The van der Waals surface area contributed by atoms with Crippen molar-refractivity contribution < 1.29 is 13.5 Å². The first-order chi connectivity index (χ1) is 9.06. The van der Waals surface area contributed by atoms with Crippen molar-refractivity contribution >= 4 is 22.7 Å². The molecule has 0 amide bonds. The molecular formula is C14H12ClO3S-. The molecule has 2 aromatic rings. The lowest BCUT2D eigenvalue weighted by Gasteiger charge is -2.12. The Kier molecular flexibility index (Phi) is 4.58. The highest BCUT2D eigenvalue weighted by molar-refractivity contribution is 7.79. The van der Waals surface area contributed by atoms with Gasteiger partial charge in [-0.3, -0.25) is 4.21 Å². The van der Waals surface area contributed by atoms with Gasteiger partial charge in [-0.2, -0.15) is 0 Å². The second-order valence-corrected chi connectivity index (χ2v) is 5.45. The van der Waals surface area contributed by atoms with Gasteiger partial charge < -0.3 is 9.29 Å². The quantitative estimate of drug-likeness (QED) is 0.812. The Balaban J connectivity index is 2.07. The first-order valence-electron chi connectivity index (χ1n) is 5.63. The topological polar surface area (TPSA) is 49.4 Å². The number of aryl methyl sites for hydroxylation is 1. The Morgan fingerprint density at radius 1 is 1.21 bits per heavy atom. The van der Waals surface area contributed by atoms with Crippen LogP contribution in [0.2, 0.25) is 5.02 Å². The molecule has 0 heterocycles. The van der Waals surface area contributed by atoms with E-state index in [4.69, 9.17) is 16.3 Å². The van der Waals surface area contributed by atoms with Gasteiger partial charge in [-0.25, -0.2) is 0 Å². The lowest BCUT2D eigenvalue weighted by molar-refractivity contribution is 0.304. The van der Waals surface area contributed by atoms with Crippen molar-refractivity contribution in [3.05, 3.63) is 58.6 Å². The minimum atomic E-state index is -2.21. The molecule has 0 fully saturated rings. The second kappa shape index (κ2) is 6.19. The van der Waals surface area contributed by atoms with E-state index in [1.807, 2.05) is 19.1 Å². The monoisotopic (exact) mass is 295 g/mol. The molecule has 0 aliphatic heterocycles. The van der Waals surface area contributed by atoms with Gasteiger partial charge in [0, 0.05) is 9.92 Å². The van der Waals surface area contributed by atoms with Crippen molar-refractivity contribution in [1.82, 2.24) is 0 Å². The smallest absolute Gasteiger partial charge is 0.122 e. The second-order valence-electron chi connectivity index (χ2n) is 4.08. The number of benzene rings is 2. The van der Waals surface area contributed by atoms with Crippen LogP contribution >= 0.6 is 11.6 Å². The van der Waals surface area contributed by atoms with E-state index < -0.39 is 11.1 Å². The molecule has 0 radical (unpaired) electrons. The van der Waals surface area contributed by atoms with E-state index in [0.29, 0.717) is 17.4 Å². The Bertz CT molecular complexity index is 596. The summed E-state index contributed by atoms with van der Waals surface area (Å²) in [5, 5.41) is 0.683. The molecule has 100 valence electrons. The van der Waals surface area contributed by atoms with Crippen LogP contribution in [-0.2, 0) is 17.7 Å². The maximum absolute atomic E-state index is 10.8. The van der Waals surface area contributed by atoms with E-state index in [2.05, 4.69) is 0 Å². The predicted octanol–water partition coefficient (Wildman–Crippen LogP) is 3.47. The SMILES string of the molecule is Cc1cc(S(=O)[O-])ccc1OCc1ccc(Cl)cc1. The van der Waals surface area contributed by atoms with Crippen LogP contribution < -0.4 is 4.74 Å². The van der Waals surface area contributed by atoms with Crippen LogP contribution in [0.25, 0.3) is 0 Å². The van der Waals surface area contributed by atoms with E-state index in [9.17, 15) is 8.76 Å². The van der Waals surface area contributed by atoms with Gasteiger partial charge in [0.25, 0.3) is 0 Å². The van der Waals surface area contributed by atoms with Gasteiger partial charge in [0.15, 0.2) is 0 Å². The third-order valence-corrected chi connectivity index (χ3v) is 3.54. The lowest BCUT2D eigenvalue weighted by Crippen LogP contribution is -1.98. The molecule has 5 heteroatoms. The Labute approximate surface area is 119 Å². The number of halogens is 1. The van der Waals surface area contributed by atoms with Crippen molar-refractivity contribution in [2.75, 3.05) is 0 Å². The molecule has 1 unspecified atom stereocenters. The van der Waals surface area contributed by atoms with Crippen LogP contribution in [0, 0.1) is 6.92 Å². The maximum atomic E-state index is 10.8. The average Bonchev–Trinajstić information content (AvgIpc) is 2.39. The summed E-state index contributed by atoms with van der Waals surface area (Å²) in [6.07, 6.45) is 0. The third kappa shape index (κ3) is 3.80. The average molecular weight is 296 g/mol. The van der Waals surface area contributed by atoms with Gasteiger partial charge in [-0.05, 0) is 59.5 Å². The summed E-state index contributed by atoms with van der Waals surface area (Å²) in [6.45, 7) is 2.23. The predicted molar refractivity (Wildman–Crippen MR) is 74.1 cm³/mol. The molecule has 0 bridgehead atoms. The summed E-state index contributed by atoms with van der Waals surface area (Å²) in [5.41, 5.74) is 1.79. The van der Waals surface area contributed by atoms with Gasteiger partial charge in [0.2, 0.25) is 0 Å². The molecular weight excluding hydrogens is 284 g/mol. The maximum Gasteiger partial charge on any atom is 0.122 e. The van der Waals surface area contributed by atoms with Crippen LogP contribution in [0.4, 0.5) is 0 Å². The summed E-state index contributed by atoms with van der Waals surface area (Å²) < 4.78 is 27.3. The van der Waals surface area contributed by atoms with Crippen molar-refractivity contribution in [2.24, 2.45) is 0 Å². The number of rotatable bonds is 4. The minimum absolute atomic E-state index is 0.261. The van der Waals surface area contributed by atoms with Crippen LogP contribution in [0.1, 0.15) is 11.1 Å². The fourth-order valence-electron chi connectivity index (χ4n) is 1.63. The molecule has 3 nitrogen and oxygen atoms in total. The van der Waals surface area contributed by atoms with Crippen LogP contribution in [0.5, 0.6) is 5.75 Å². The van der Waals surface area contributed by atoms with E-state index in [-0.39, 0.29) is 4.90 Å². The van der Waals surface area contributed by atoms with Crippen molar-refractivity contribution in [2.45, 2.75) is 18.4 Å². The molecule has 19 heavy (non-hydrogen) atoms. The van der Waals surface area contributed by atoms with Crippen molar-refractivity contribution in [1.29, 1.82) is 0 Å².